The number of benzene rings is 1. The van der Waals surface area contributed by atoms with Gasteiger partial charge >= 0.3 is 0 Å². The van der Waals surface area contributed by atoms with E-state index in [1.807, 2.05) is 32.0 Å². The summed E-state index contributed by atoms with van der Waals surface area (Å²) in [5.74, 6) is -0.351. The lowest BCUT2D eigenvalue weighted by Gasteiger charge is -2.03. The first kappa shape index (κ1) is 16.4. The van der Waals surface area contributed by atoms with Gasteiger partial charge in [0.2, 0.25) is 5.95 Å². The molecular weight excluding hydrogens is 336 g/mol. The lowest BCUT2D eigenvalue weighted by molar-refractivity contribution is 0.102. The molecule has 0 saturated carbocycles. The third-order valence-corrected chi connectivity index (χ3v) is 4.52. The Morgan fingerprint density at radius 1 is 1.28 bits per heavy atom. The highest BCUT2D eigenvalue weighted by Crippen LogP contribution is 2.28. The molecule has 2 heterocycles. The van der Waals surface area contributed by atoms with Crippen molar-refractivity contribution in [2.24, 2.45) is 0 Å². The molecule has 0 bridgehead atoms. The van der Waals surface area contributed by atoms with E-state index >= 15 is 0 Å². The summed E-state index contributed by atoms with van der Waals surface area (Å²) in [4.78, 5) is 23.5. The van der Waals surface area contributed by atoms with E-state index in [4.69, 9.17) is 10.5 Å². The molecule has 0 atom stereocenters. The van der Waals surface area contributed by atoms with E-state index in [9.17, 15) is 4.79 Å². The average molecular weight is 348 g/mol. The quantitative estimate of drug-likeness (QED) is 0.753. The van der Waals surface area contributed by atoms with Crippen LogP contribution in [0.5, 0.6) is 0 Å². The Balaban J connectivity index is 1.83. The predicted octanol–water partition coefficient (Wildman–Crippen LogP) is 3.15. The largest absolute Gasteiger partial charge is 0.314 e. The van der Waals surface area contributed by atoms with Crippen LogP contribution >= 0.6 is 11.3 Å². The topological polar surface area (TPSA) is 118 Å². The standard InChI is InChI=1S/C17H12N6OS/c1-9-3-4-11(10(2)5-9)16-20-8-14(25-16)15(24)23-17-21-12(6-18)13(7-19)22-17/h3-5,8H,1-2H3,(H2,21,22,23,24). The average Bonchev–Trinajstić information content (AvgIpc) is 3.21. The van der Waals surface area contributed by atoms with Crippen LogP contribution < -0.4 is 5.32 Å². The highest BCUT2D eigenvalue weighted by atomic mass is 32.1. The normalized spacial score (nSPS) is 10.1. The number of aryl methyl sites for hydroxylation is 2. The summed E-state index contributed by atoms with van der Waals surface area (Å²) in [6.07, 6.45) is 1.49. The number of hydrogen-bond acceptors (Lipinski definition) is 6. The molecule has 3 rings (SSSR count). The monoisotopic (exact) mass is 348 g/mol. The van der Waals surface area contributed by atoms with Gasteiger partial charge in [0, 0.05) is 5.56 Å². The molecule has 0 saturated heterocycles. The summed E-state index contributed by atoms with van der Waals surface area (Å²) < 4.78 is 0. The summed E-state index contributed by atoms with van der Waals surface area (Å²) in [6.45, 7) is 4.02. The fourth-order valence-corrected chi connectivity index (χ4v) is 3.22. The van der Waals surface area contributed by atoms with Crippen LogP contribution in [-0.4, -0.2) is 20.9 Å². The number of aromatic amines is 1. The van der Waals surface area contributed by atoms with E-state index < -0.39 is 5.91 Å². The maximum absolute atomic E-state index is 12.3. The lowest BCUT2D eigenvalue weighted by Crippen LogP contribution is -2.11. The van der Waals surface area contributed by atoms with Gasteiger partial charge in [0.05, 0.1) is 6.20 Å². The van der Waals surface area contributed by atoms with Crippen LogP contribution in [0.2, 0.25) is 0 Å². The third-order valence-electron chi connectivity index (χ3n) is 3.50. The van der Waals surface area contributed by atoms with Gasteiger partial charge in [-0.15, -0.1) is 11.3 Å². The Hall–Kier alpha value is -3.49. The fourth-order valence-electron chi connectivity index (χ4n) is 2.32. The lowest BCUT2D eigenvalue weighted by atomic mass is 10.1. The summed E-state index contributed by atoms with van der Waals surface area (Å²) in [7, 11) is 0. The van der Waals surface area contributed by atoms with E-state index in [-0.39, 0.29) is 17.3 Å². The number of thiazole rings is 1. The van der Waals surface area contributed by atoms with Crippen molar-refractivity contribution in [3.05, 3.63) is 51.8 Å². The number of imidazole rings is 1. The van der Waals surface area contributed by atoms with Crippen LogP contribution in [0.15, 0.2) is 24.4 Å². The van der Waals surface area contributed by atoms with E-state index in [1.54, 1.807) is 6.07 Å². The number of rotatable bonds is 3. The van der Waals surface area contributed by atoms with Crippen LogP contribution in [-0.2, 0) is 0 Å². The first-order chi connectivity index (χ1) is 12.0. The summed E-state index contributed by atoms with van der Waals surface area (Å²) in [5.41, 5.74) is 3.18. The van der Waals surface area contributed by atoms with Gasteiger partial charge in [0.1, 0.15) is 22.0 Å². The minimum absolute atomic E-state index is 0.0121. The molecule has 2 aromatic heterocycles. The molecule has 25 heavy (non-hydrogen) atoms. The SMILES string of the molecule is Cc1ccc(-c2ncc(C(=O)Nc3nc(C#N)c(C#N)[nH]3)s2)c(C)c1. The molecule has 1 aromatic carbocycles. The molecule has 0 aliphatic rings. The number of aromatic nitrogens is 3. The highest BCUT2D eigenvalue weighted by Gasteiger charge is 2.16. The first-order valence-corrected chi connectivity index (χ1v) is 8.08. The van der Waals surface area contributed by atoms with Crippen molar-refractivity contribution in [1.29, 1.82) is 10.5 Å². The Morgan fingerprint density at radius 3 is 2.72 bits per heavy atom. The molecule has 2 N–H and O–H groups in total. The zero-order valence-electron chi connectivity index (χ0n) is 13.4. The molecule has 0 unspecified atom stereocenters. The molecule has 0 radical (unpaired) electrons. The van der Waals surface area contributed by atoms with Gasteiger partial charge in [0.25, 0.3) is 5.91 Å². The van der Waals surface area contributed by atoms with Crippen molar-refractivity contribution in [3.8, 4) is 22.7 Å². The first-order valence-electron chi connectivity index (χ1n) is 7.27. The number of carbonyl (C=O) groups is 1. The predicted molar refractivity (Wildman–Crippen MR) is 93.0 cm³/mol. The molecular formula is C17H12N6OS. The minimum Gasteiger partial charge on any atom is -0.314 e. The number of H-pyrrole nitrogens is 1. The molecule has 0 aliphatic carbocycles. The van der Waals surface area contributed by atoms with E-state index in [2.05, 4.69) is 26.3 Å². The van der Waals surface area contributed by atoms with E-state index in [0.29, 0.717) is 4.88 Å². The van der Waals surface area contributed by atoms with E-state index in [0.717, 1.165) is 21.7 Å². The zero-order valence-corrected chi connectivity index (χ0v) is 14.2. The minimum atomic E-state index is -0.406. The van der Waals surface area contributed by atoms with Crippen LogP contribution in [0.25, 0.3) is 10.6 Å². The van der Waals surface area contributed by atoms with Crippen LogP contribution in [0.3, 0.4) is 0 Å². The van der Waals surface area contributed by atoms with Crippen molar-refractivity contribution in [2.45, 2.75) is 13.8 Å². The van der Waals surface area contributed by atoms with Gasteiger partial charge in [-0.25, -0.2) is 9.97 Å². The molecule has 7 nitrogen and oxygen atoms in total. The highest BCUT2D eigenvalue weighted by molar-refractivity contribution is 7.17. The summed E-state index contributed by atoms with van der Waals surface area (Å²) in [5, 5.41) is 21.1. The van der Waals surface area contributed by atoms with Crippen LogP contribution in [0.4, 0.5) is 5.95 Å². The Kier molecular flexibility index (Phi) is 4.29. The Morgan fingerprint density at radius 2 is 2.08 bits per heavy atom. The van der Waals surface area contributed by atoms with E-state index in [1.165, 1.54) is 17.5 Å². The number of nitrogens with one attached hydrogen (secondary N) is 2. The van der Waals surface area contributed by atoms with Gasteiger partial charge < -0.3 is 4.98 Å². The van der Waals surface area contributed by atoms with Crippen LogP contribution in [0, 0.1) is 36.5 Å². The van der Waals surface area contributed by atoms with Gasteiger partial charge in [-0.1, -0.05) is 23.8 Å². The van der Waals surface area contributed by atoms with Gasteiger partial charge in [-0.05, 0) is 19.4 Å². The Labute approximate surface area is 147 Å². The van der Waals surface area contributed by atoms with Crippen LogP contribution in [0.1, 0.15) is 32.2 Å². The second kappa shape index (κ2) is 6.56. The smallest absolute Gasteiger partial charge is 0.269 e. The van der Waals surface area contributed by atoms with Crippen molar-refractivity contribution in [1.82, 2.24) is 15.0 Å². The number of nitriles is 2. The Bertz CT molecular complexity index is 1020. The molecule has 122 valence electrons. The molecule has 1 amide bonds. The summed E-state index contributed by atoms with van der Waals surface area (Å²) >= 11 is 1.26. The molecule has 0 spiro atoms. The van der Waals surface area contributed by atoms with Crippen molar-refractivity contribution < 1.29 is 4.79 Å². The van der Waals surface area contributed by atoms with Crippen molar-refractivity contribution in [3.63, 3.8) is 0 Å². The maximum Gasteiger partial charge on any atom is 0.269 e. The molecule has 8 heteroatoms. The number of carbonyl (C=O) groups excluding carboxylic acids is 1. The van der Waals surface area contributed by atoms with Crippen molar-refractivity contribution >= 4 is 23.2 Å². The fraction of sp³-hybridized carbons (Fsp3) is 0.118. The number of anilines is 1. The second-order valence-corrected chi connectivity index (χ2v) is 6.37. The maximum atomic E-state index is 12.3. The molecule has 0 fully saturated rings. The summed E-state index contributed by atoms with van der Waals surface area (Å²) in [6, 6.07) is 9.65. The van der Waals surface area contributed by atoms with Gasteiger partial charge in [0.15, 0.2) is 11.4 Å². The van der Waals surface area contributed by atoms with Gasteiger partial charge in [-0.3, -0.25) is 10.1 Å². The zero-order chi connectivity index (χ0) is 18.0. The van der Waals surface area contributed by atoms with Gasteiger partial charge in [-0.2, -0.15) is 10.5 Å². The number of nitrogens with zero attached hydrogens (tertiary/aromatic N) is 4. The van der Waals surface area contributed by atoms with Crippen molar-refractivity contribution in [2.75, 3.05) is 5.32 Å². The molecule has 3 aromatic rings. The molecule has 0 aliphatic heterocycles. The third kappa shape index (κ3) is 3.25. The second-order valence-electron chi connectivity index (χ2n) is 5.33. The number of amides is 1. The number of hydrogen-bond donors (Lipinski definition) is 2.